The standard InChI is InChI=1S/C77H149NO5/c1-3-5-7-9-11-13-15-16-17-18-19-37-40-43-46-50-53-57-61-65-69-75(80)74(73-79)78-76(81)70-66-62-58-54-51-47-44-41-38-35-33-31-29-27-25-23-21-20-22-24-26-28-30-32-34-36-39-42-45-48-52-56-60-64-68-72-83-77(82)71-67-63-59-55-49-14-12-10-8-6-4-2/h10,12,65,69,74-75,79-80H,3-9,11,13-64,66-68,70-73H2,1-2H3,(H,78,81)/b12-10-,69-65+. The van der Waals surface area contributed by atoms with Gasteiger partial charge in [-0.1, -0.05) is 391 Å². The first-order valence-electron chi connectivity index (χ1n) is 38.1. The van der Waals surface area contributed by atoms with Gasteiger partial charge in [-0.3, -0.25) is 9.59 Å². The molecule has 0 aromatic heterocycles. The van der Waals surface area contributed by atoms with Crippen molar-refractivity contribution in [3.05, 3.63) is 24.3 Å². The fraction of sp³-hybridized carbons (Fsp3) is 0.922. The lowest BCUT2D eigenvalue weighted by Crippen LogP contribution is -2.45. The van der Waals surface area contributed by atoms with Crippen LogP contribution in [0.15, 0.2) is 24.3 Å². The number of esters is 1. The van der Waals surface area contributed by atoms with Crippen LogP contribution in [-0.2, 0) is 14.3 Å². The van der Waals surface area contributed by atoms with Crippen molar-refractivity contribution in [2.75, 3.05) is 13.2 Å². The maximum Gasteiger partial charge on any atom is 0.305 e. The largest absolute Gasteiger partial charge is 0.466 e. The summed E-state index contributed by atoms with van der Waals surface area (Å²) in [4.78, 5) is 24.5. The highest BCUT2D eigenvalue weighted by Gasteiger charge is 2.18. The number of hydrogen-bond donors (Lipinski definition) is 3. The highest BCUT2D eigenvalue weighted by molar-refractivity contribution is 5.76. The molecule has 0 saturated heterocycles. The number of rotatable bonds is 72. The summed E-state index contributed by atoms with van der Waals surface area (Å²) in [5, 5.41) is 23.3. The molecule has 0 rings (SSSR count). The molecule has 2 unspecified atom stereocenters. The number of aliphatic hydroxyl groups excluding tert-OH is 2. The van der Waals surface area contributed by atoms with Gasteiger partial charge in [-0.2, -0.15) is 0 Å². The highest BCUT2D eigenvalue weighted by atomic mass is 16.5. The van der Waals surface area contributed by atoms with Gasteiger partial charge in [0.2, 0.25) is 5.91 Å². The van der Waals surface area contributed by atoms with Gasteiger partial charge in [-0.25, -0.2) is 0 Å². The summed E-state index contributed by atoms with van der Waals surface area (Å²) in [5.41, 5.74) is 0. The molecule has 6 nitrogen and oxygen atoms in total. The van der Waals surface area contributed by atoms with Crippen LogP contribution in [0.5, 0.6) is 0 Å². The van der Waals surface area contributed by atoms with Gasteiger partial charge >= 0.3 is 5.97 Å². The summed E-state index contributed by atoms with van der Waals surface area (Å²) in [6.45, 7) is 4.91. The van der Waals surface area contributed by atoms with Crippen molar-refractivity contribution < 1.29 is 24.5 Å². The van der Waals surface area contributed by atoms with E-state index in [0.29, 0.717) is 19.4 Å². The van der Waals surface area contributed by atoms with Gasteiger partial charge in [0.15, 0.2) is 0 Å². The average Bonchev–Trinajstić information content (AvgIpc) is 3.49. The van der Waals surface area contributed by atoms with E-state index in [1.807, 2.05) is 6.08 Å². The van der Waals surface area contributed by atoms with Crippen LogP contribution in [0.4, 0.5) is 0 Å². The molecular weight excluding hydrogens is 1020 g/mol. The second-order valence-electron chi connectivity index (χ2n) is 26.3. The molecule has 0 radical (unpaired) electrons. The monoisotopic (exact) mass is 1170 g/mol. The number of unbranched alkanes of at least 4 members (excludes halogenated alkanes) is 59. The molecule has 0 fully saturated rings. The van der Waals surface area contributed by atoms with E-state index < -0.39 is 12.1 Å². The van der Waals surface area contributed by atoms with Gasteiger partial charge in [-0.15, -0.1) is 0 Å². The molecule has 0 bridgehead atoms. The second-order valence-corrected chi connectivity index (χ2v) is 26.3. The first-order chi connectivity index (χ1) is 41.0. The minimum Gasteiger partial charge on any atom is -0.466 e. The first kappa shape index (κ1) is 81.3. The maximum absolute atomic E-state index is 12.5. The van der Waals surface area contributed by atoms with Crippen LogP contribution in [0.3, 0.4) is 0 Å². The van der Waals surface area contributed by atoms with Crippen molar-refractivity contribution in [3.63, 3.8) is 0 Å². The molecule has 83 heavy (non-hydrogen) atoms. The quantitative estimate of drug-likeness (QED) is 0.0320. The Morgan fingerprint density at radius 2 is 0.578 bits per heavy atom. The SMILES string of the molecule is CCCC/C=C\CCCCCCCC(=O)OCCCCCCCCCCCCCCCCCCCCCCCCCCCCCCCCCCCCCC(=O)NC(CO)C(O)/C=C/CCCCCCCCCCCCCCCCCCCC. The molecule has 0 aromatic rings. The molecular formula is C77H149NO5. The fourth-order valence-corrected chi connectivity index (χ4v) is 12.2. The third-order valence-electron chi connectivity index (χ3n) is 18.0. The van der Waals surface area contributed by atoms with Gasteiger partial charge in [0.1, 0.15) is 0 Å². The number of aliphatic hydroxyl groups is 2. The number of allylic oxidation sites excluding steroid dienone is 3. The number of amides is 1. The zero-order valence-electron chi connectivity index (χ0n) is 56.5. The van der Waals surface area contributed by atoms with Gasteiger partial charge in [-0.05, 0) is 51.4 Å². The molecule has 6 heteroatoms. The van der Waals surface area contributed by atoms with E-state index in [1.54, 1.807) is 6.08 Å². The van der Waals surface area contributed by atoms with Crippen molar-refractivity contribution in [2.24, 2.45) is 0 Å². The van der Waals surface area contributed by atoms with Crippen LogP contribution >= 0.6 is 0 Å². The van der Waals surface area contributed by atoms with Gasteiger partial charge in [0.25, 0.3) is 0 Å². The minimum atomic E-state index is -0.841. The molecule has 2 atom stereocenters. The molecule has 492 valence electrons. The van der Waals surface area contributed by atoms with E-state index in [2.05, 4.69) is 31.3 Å². The van der Waals surface area contributed by atoms with Crippen LogP contribution in [0.25, 0.3) is 0 Å². The number of carbonyl (C=O) groups is 2. The topological polar surface area (TPSA) is 95.9 Å². The predicted octanol–water partition coefficient (Wildman–Crippen LogP) is 24.9. The van der Waals surface area contributed by atoms with E-state index >= 15 is 0 Å². The predicted molar refractivity (Wildman–Crippen MR) is 366 cm³/mol. The molecule has 0 aliphatic carbocycles. The van der Waals surface area contributed by atoms with E-state index in [4.69, 9.17) is 4.74 Å². The highest BCUT2D eigenvalue weighted by Crippen LogP contribution is 2.20. The first-order valence-corrected chi connectivity index (χ1v) is 38.1. The van der Waals surface area contributed by atoms with Crippen LogP contribution in [0, 0.1) is 0 Å². The number of nitrogens with one attached hydrogen (secondary N) is 1. The lowest BCUT2D eigenvalue weighted by atomic mass is 10.0. The maximum atomic E-state index is 12.5. The number of hydrogen-bond acceptors (Lipinski definition) is 5. The Morgan fingerprint density at radius 3 is 0.892 bits per heavy atom. The second kappa shape index (κ2) is 72.8. The summed E-state index contributed by atoms with van der Waals surface area (Å²) >= 11 is 0. The Balaban J connectivity index is 3.33. The summed E-state index contributed by atoms with van der Waals surface area (Å²) in [6, 6.07) is -0.624. The number of carbonyl (C=O) groups excluding carboxylic acids is 2. The van der Waals surface area contributed by atoms with Gasteiger partial charge < -0.3 is 20.3 Å². The molecule has 0 aliphatic heterocycles. The number of ether oxygens (including phenoxy) is 1. The molecule has 3 N–H and O–H groups in total. The van der Waals surface area contributed by atoms with Gasteiger partial charge in [0, 0.05) is 12.8 Å². The molecule has 1 amide bonds. The zero-order chi connectivity index (χ0) is 59.9. The molecule has 0 aromatic carbocycles. The lowest BCUT2D eigenvalue weighted by molar-refractivity contribution is -0.143. The van der Waals surface area contributed by atoms with Crippen LogP contribution in [0.1, 0.15) is 431 Å². The molecule has 0 aliphatic rings. The Morgan fingerprint density at radius 1 is 0.325 bits per heavy atom. The van der Waals surface area contributed by atoms with Crippen molar-refractivity contribution in [1.29, 1.82) is 0 Å². The van der Waals surface area contributed by atoms with Crippen LogP contribution in [-0.4, -0.2) is 47.4 Å². The summed E-state index contributed by atoms with van der Waals surface area (Å²) in [5.74, 6) is -0.0464. The van der Waals surface area contributed by atoms with Crippen LogP contribution < -0.4 is 5.32 Å². The zero-order valence-corrected chi connectivity index (χ0v) is 56.5. The Hall–Kier alpha value is -1.66. The van der Waals surface area contributed by atoms with E-state index in [1.165, 1.54) is 360 Å². The third kappa shape index (κ3) is 69.3. The van der Waals surface area contributed by atoms with E-state index in [9.17, 15) is 19.8 Å². The summed E-state index contributed by atoms with van der Waals surface area (Å²) in [6.07, 6.45) is 93.0. The van der Waals surface area contributed by atoms with E-state index in [0.717, 1.165) is 44.9 Å². The van der Waals surface area contributed by atoms with Gasteiger partial charge in [0.05, 0.1) is 25.4 Å². The minimum absolute atomic E-state index is 0.0119. The smallest absolute Gasteiger partial charge is 0.305 e. The van der Waals surface area contributed by atoms with Crippen molar-refractivity contribution >= 4 is 11.9 Å². The molecule has 0 spiro atoms. The van der Waals surface area contributed by atoms with Crippen molar-refractivity contribution in [2.45, 2.75) is 443 Å². The fourth-order valence-electron chi connectivity index (χ4n) is 12.2. The lowest BCUT2D eigenvalue weighted by Gasteiger charge is -2.20. The summed E-state index contributed by atoms with van der Waals surface area (Å²) in [7, 11) is 0. The Kier molecular flexibility index (Phi) is 71.4. The average molecular weight is 1170 g/mol. The van der Waals surface area contributed by atoms with Crippen molar-refractivity contribution in [3.8, 4) is 0 Å². The Bertz CT molecular complexity index is 1300. The van der Waals surface area contributed by atoms with E-state index in [-0.39, 0.29) is 18.5 Å². The summed E-state index contributed by atoms with van der Waals surface area (Å²) < 4.78 is 5.47. The van der Waals surface area contributed by atoms with Crippen molar-refractivity contribution in [1.82, 2.24) is 5.32 Å². The molecule has 0 saturated carbocycles. The normalized spacial score (nSPS) is 12.6. The molecule has 0 heterocycles. The van der Waals surface area contributed by atoms with Crippen LogP contribution in [0.2, 0.25) is 0 Å². The Labute approximate surface area is 520 Å². The third-order valence-corrected chi connectivity index (χ3v) is 18.0.